The predicted molar refractivity (Wildman–Crippen MR) is 67.1 cm³/mol. The van der Waals surface area contributed by atoms with Gasteiger partial charge < -0.3 is 5.11 Å². The summed E-state index contributed by atoms with van der Waals surface area (Å²) in [4.78, 5) is 11.3. The second-order valence-corrected chi connectivity index (χ2v) is 6.94. The third-order valence-electron chi connectivity index (χ3n) is 3.52. The van der Waals surface area contributed by atoms with Crippen LogP contribution in [-0.2, 0) is 14.6 Å². The Morgan fingerprint density at radius 2 is 1.83 bits per heavy atom. The van der Waals surface area contributed by atoms with Crippen molar-refractivity contribution in [3.05, 3.63) is 29.8 Å². The maximum atomic E-state index is 12.4. The van der Waals surface area contributed by atoms with Crippen molar-refractivity contribution in [1.29, 1.82) is 0 Å². The molecule has 1 fully saturated rings. The molecule has 0 radical (unpaired) electrons. The highest BCUT2D eigenvalue weighted by molar-refractivity contribution is 7.92. The first-order valence-corrected chi connectivity index (χ1v) is 7.51. The number of rotatable bonds is 3. The van der Waals surface area contributed by atoms with Crippen LogP contribution in [0.1, 0.15) is 24.8 Å². The van der Waals surface area contributed by atoms with Gasteiger partial charge in [-0.05, 0) is 31.9 Å². The summed E-state index contributed by atoms with van der Waals surface area (Å²) in [5.41, 5.74) is 0.982. The molecule has 0 bridgehead atoms. The average molecular weight is 268 g/mol. The van der Waals surface area contributed by atoms with Crippen LogP contribution in [0, 0.1) is 12.8 Å². The third-order valence-corrected chi connectivity index (χ3v) is 5.81. The SMILES string of the molecule is Cc1ccc(S(=O)(=O)[C@H]2CCC[C@@H]2C(=O)O)cc1. The number of aryl methyl sites for hydroxylation is 1. The lowest BCUT2D eigenvalue weighted by atomic mass is 10.1. The molecule has 0 heterocycles. The minimum Gasteiger partial charge on any atom is -0.481 e. The van der Waals surface area contributed by atoms with Gasteiger partial charge in [0.05, 0.1) is 16.1 Å². The van der Waals surface area contributed by atoms with Crippen molar-refractivity contribution in [2.75, 3.05) is 0 Å². The van der Waals surface area contributed by atoms with Crippen molar-refractivity contribution >= 4 is 15.8 Å². The van der Waals surface area contributed by atoms with Crippen LogP contribution in [-0.4, -0.2) is 24.7 Å². The van der Waals surface area contributed by atoms with Crippen molar-refractivity contribution < 1.29 is 18.3 Å². The minimum atomic E-state index is -3.53. The van der Waals surface area contributed by atoms with Crippen LogP contribution in [0.5, 0.6) is 0 Å². The molecule has 98 valence electrons. The molecule has 0 spiro atoms. The summed E-state index contributed by atoms with van der Waals surface area (Å²) < 4.78 is 24.8. The topological polar surface area (TPSA) is 71.4 Å². The number of hydrogen-bond donors (Lipinski definition) is 1. The van der Waals surface area contributed by atoms with Crippen LogP contribution in [0.25, 0.3) is 0 Å². The molecule has 1 aliphatic carbocycles. The van der Waals surface area contributed by atoms with E-state index < -0.39 is 27.0 Å². The second kappa shape index (κ2) is 4.72. The lowest BCUT2D eigenvalue weighted by molar-refractivity contribution is -0.141. The Kier molecular flexibility index (Phi) is 3.43. The first kappa shape index (κ1) is 13.1. The Morgan fingerprint density at radius 3 is 2.39 bits per heavy atom. The summed E-state index contributed by atoms with van der Waals surface area (Å²) in [6, 6.07) is 6.58. The number of sulfone groups is 1. The van der Waals surface area contributed by atoms with Crippen LogP contribution in [0.2, 0.25) is 0 Å². The molecule has 18 heavy (non-hydrogen) atoms. The van der Waals surface area contributed by atoms with E-state index in [2.05, 4.69) is 0 Å². The zero-order valence-corrected chi connectivity index (χ0v) is 11.0. The number of carboxylic acids is 1. The lowest BCUT2D eigenvalue weighted by Gasteiger charge is -2.16. The highest BCUT2D eigenvalue weighted by Gasteiger charge is 2.42. The van der Waals surface area contributed by atoms with Crippen molar-refractivity contribution in [3.63, 3.8) is 0 Å². The molecule has 4 nitrogen and oxygen atoms in total. The number of carboxylic acid groups (broad SMARTS) is 1. The molecule has 0 amide bonds. The zero-order valence-electron chi connectivity index (χ0n) is 10.2. The Morgan fingerprint density at radius 1 is 1.22 bits per heavy atom. The largest absolute Gasteiger partial charge is 0.481 e. The molecular weight excluding hydrogens is 252 g/mol. The molecule has 0 saturated heterocycles. The fourth-order valence-electron chi connectivity index (χ4n) is 2.48. The summed E-state index contributed by atoms with van der Waals surface area (Å²) in [5.74, 6) is -1.77. The van der Waals surface area contributed by atoms with E-state index in [1.807, 2.05) is 6.92 Å². The molecule has 1 aromatic carbocycles. The Labute approximate surface area is 107 Å². The molecule has 5 heteroatoms. The number of aliphatic carboxylic acids is 1. The molecule has 0 unspecified atom stereocenters. The molecule has 0 aromatic heterocycles. The molecular formula is C13H16O4S. The van der Waals surface area contributed by atoms with Crippen molar-refractivity contribution in [2.45, 2.75) is 36.3 Å². The molecule has 2 atom stereocenters. The lowest BCUT2D eigenvalue weighted by Crippen LogP contribution is -2.30. The molecule has 1 aromatic rings. The second-order valence-electron chi connectivity index (χ2n) is 4.77. The van der Waals surface area contributed by atoms with E-state index in [9.17, 15) is 13.2 Å². The average Bonchev–Trinajstić information content (AvgIpc) is 2.79. The van der Waals surface area contributed by atoms with Gasteiger partial charge in [-0.3, -0.25) is 4.79 Å². The fraction of sp³-hybridized carbons (Fsp3) is 0.462. The monoisotopic (exact) mass is 268 g/mol. The van der Waals surface area contributed by atoms with Gasteiger partial charge >= 0.3 is 5.97 Å². The standard InChI is InChI=1S/C13H16O4S/c1-9-5-7-10(8-6-9)18(16,17)12-4-2-3-11(12)13(14)15/h5-8,11-12H,2-4H2,1H3,(H,14,15)/t11-,12-/m0/s1. The van der Waals surface area contributed by atoms with Gasteiger partial charge in [0.15, 0.2) is 9.84 Å². The summed E-state index contributed by atoms with van der Waals surface area (Å²) in [7, 11) is -3.53. The van der Waals surface area contributed by atoms with E-state index in [0.29, 0.717) is 19.3 Å². The Bertz CT molecular complexity index is 545. The van der Waals surface area contributed by atoms with Crippen LogP contribution in [0.15, 0.2) is 29.2 Å². The number of benzene rings is 1. The predicted octanol–water partition coefficient (Wildman–Crippen LogP) is 2.02. The van der Waals surface area contributed by atoms with Crippen molar-refractivity contribution in [1.82, 2.24) is 0 Å². The van der Waals surface area contributed by atoms with E-state index in [1.54, 1.807) is 24.3 Å². The fourth-order valence-corrected chi connectivity index (χ4v) is 4.51. The zero-order chi connectivity index (χ0) is 13.3. The molecule has 1 aliphatic rings. The highest BCUT2D eigenvalue weighted by atomic mass is 32.2. The van der Waals surface area contributed by atoms with E-state index in [4.69, 9.17) is 5.11 Å². The molecule has 2 rings (SSSR count). The molecule has 1 N–H and O–H groups in total. The van der Waals surface area contributed by atoms with Crippen LogP contribution in [0.4, 0.5) is 0 Å². The van der Waals surface area contributed by atoms with Gasteiger partial charge in [-0.25, -0.2) is 8.42 Å². The first-order chi connectivity index (χ1) is 8.43. The molecule has 0 aliphatic heterocycles. The van der Waals surface area contributed by atoms with Gasteiger partial charge in [0, 0.05) is 0 Å². The smallest absolute Gasteiger partial charge is 0.307 e. The first-order valence-electron chi connectivity index (χ1n) is 5.96. The summed E-state index contributed by atoms with van der Waals surface area (Å²) >= 11 is 0. The van der Waals surface area contributed by atoms with Crippen LogP contribution in [0.3, 0.4) is 0 Å². The van der Waals surface area contributed by atoms with Gasteiger partial charge in [0.1, 0.15) is 0 Å². The number of carbonyl (C=O) groups is 1. The minimum absolute atomic E-state index is 0.228. The molecule has 1 saturated carbocycles. The maximum absolute atomic E-state index is 12.4. The van der Waals surface area contributed by atoms with E-state index in [1.165, 1.54) is 0 Å². The van der Waals surface area contributed by atoms with Gasteiger partial charge in [0.25, 0.3) is 0 Å². The van der Waals surface area contributed by atoms with E-state index in [-0.39, 0.29) is 4.90 Å². The number of hydrogen-bond acceptors (Lipinski definition) is 3. The third kappa shape index (κ3) is 2.27. The van der Waals surface area contributed by atoms with Crippen molar-refractivity contribution in [3.8, 4) is 0 Å². The van der Waals surface area contributed by atoms with Gasteiger partial charge in [-0.1, -0.05) is 24.1 Å². The summed E-state index contributed by atoms with van der Waals surface area (Å²) in [5, 5.41) is 8.29. The normalized spacial score (nSPS) is 24.1. The Balaban J connectivity index is 2.36. The maximum Gasteiger partial charge on any atom is 0.307 e. The van der Waals surface area contributed by atoms with Gasteiger partial charge in [-0.15, -0.1) is 0 Å². The van der Waals surface area contributed by atoms with Gasteiger partial charge in [-0.2, -0.15) is 0 Å². The summed E-state index contributed by atoms with van der Waals surface area (Å²) in [6.07, 6.45) is 1.55. The van der Waals surface area contributed by atoms with Gasteiger partial charge in [0.2, 0.25) is 0 Å². The van der Waals surface area contributed by atoms with Crippen LogP contribution >= 0.6 is 0 Å². The van der Waals surface area contributed by atoms with Crippen molar-refractivity contribution in [2.24, 2.45) is 5.92 Å². The summed E-state index contributed by atoms with van der Waals surface area (Å²) in [6.45, 7) is 1.88. The highest BCUT2D eigenvalue weighted by Crippen LogP contribution is 2.34. The van der Waals surface area contributed by atoms with Crippen LogP contribution < -0.4 is 0 Å². The van der Waals surface area contributed by atoms with E-state index >= 15 is 0 Å². The Hall–Kier alpha value is -1.36. The van der Waals surface area contributed by atoms with E-state index in [0.717, 1.165) is 5.56 Å². The quantitative estimate of drug-likeness (QED) is 0.910.